The molecule has 0 spiro atoms. The fourth-order valence-corrected chi connectivity index (χ4v) is 2.02. The summed E-state index contributed by atoms with van der Waals surface area (Å²) in [6.07, 6.45) is 1.26. The Hall–Kier alpha value is -2.28. The van der Waals surface area contributed by atoms with Crippen LogP contribution in [0, 0.1) is 23.7 Å². The number of hydrogen-bond acceptors (Lipinski definition) is 2. The van der Waals surface area contributed by atoms with Gasteiger partial charge in [-0.25, -0.2) is 0 Å². The normalized spacial score (nSPS) is 19.1. The van der Waals surface area contributed by atoms with Gasteiger partial charge >= 0.3 is 0 Å². The minimum atomic E-state index is -0.0958. The smallest absolute Gasteiger partial charge is 0.223 e. The number of amides is 2. The molecule has 1 aromatic rings. The zero-order valence-corrected chi connectivity index (χ0v) is 12.2. The molecule has 0 saturated heterocycles. The molecule has 4 nitrogen and oxygen atoms in total. The van der Waals surface area contributed by atoms with Crippen molar-refractivity contribution in [1.82, 2.24) is 10.6 Å². The van der Waals surface area contributed by atoms with E-state index in [2.05, 4.69) is 29.4 Å². The van der Waals surface area contributed by atoms with Crippen molar-refractivity contribution in [3.63, 3.8) is 0 Å². The molecule has 110 valence electrons. The molecule has 2 rings (SSSR count). The zero-order chi connectivity index (χ0) is 15.1. The number of rotatable bonds is 5. The van der Waals surface area contributed by atoms with Crippen LogP contribution in [0.4, 0.5) is 0 Å². The fourth-order valence-electron chi connectivity index (χ4n) is 2.02. The second-order valence-electron chi connectivity index (χ2n) is 5.31. The maximum atomic E-state index is 11.6. The Bertz CT molecular complexity index is 557. The van der Waals surface area contributed by atoms with Crippen LogP contribution in [-0.4, -0.2) is 24.9 Å². The molecule has 2 amide bonds. The van der Waals surface area contributed by atoms with Crippen molar-refractivity contribution >= 4 is 11.8 Å². The van der Waals surface area contributed by atoms with Crippen molar-refractivity contribution in [3.05, 3.63) is 35.9 Å². The quantitative estimate of drug-likeness (QED) is 0.801. The summed E-state index contributed by atoms with van der Waals surface area (Å²) in [5, 5.41) is 5.50. The number of nitrogens with one attached hydrogen (secondary N) is 2. The molecule has 0 aliphatic heterocycles. The van der Waals surface area contributed by atoms with Crippen molar-refractivity contribution in [2.75, 3.05) is 13.1 Å². The number of hydrogen-bond donors (Lipinski definition) is 2. The molecule has 1 fully saturated rings. The molecule has 1 aromatic carbocycles. The third-order valence-corrected chi connectivity index (χ3v) is 3.48. The van der Waals surface area contributed by atoms with Gasteiger partial charge in [0, 0.05) is 24.4 Å². The summed E-state index contributed by atoms with van der Waals surface area (Å²) in [7, 11) is 0. The van der Waals surface area contributed by atoms with Gasteiger partial charge in [-0.2, -0.15) is 0 Å². The molecule has 1 aliphatic rings. The van der Waals surface area contributed by atoms with E-state index in [0.717, 1.165) is 12.0 Å². The summed E-state index contributed by atoms with van der Waals surface area (Å²) < 4.78 is 0. The number of benzene rings is 1. The minimum Gasteiger partial charge on any atom is -0.355 e. The highest BCUT2D eigenvalue weighted by Crippen LogP contribution is 2.37. The van der Waals surface area contributed by atoms with Crippen molar-refractivity contribution in [3.8, 4) is 11.8 Å². The first-order chi connectivity index (χ1) is 10.2. The van der Waals surface area contributed by atoms with E-state index in [9.17, 15) is 9.59 Å². The Morgan fingerprint density at radius 2 is 1.95 bits per heavy atom. The Kier molecular flexibility index (Phi) is 5.39. The van der Waals surface area contributed by atoms with E-state index in [1.54, 1.807) is 0 Å². The number of carbonyl (C=O) groups excluding carboxylic acids is 2. The second-order valence-corrected chi connectivity index (χ2v) is 5.31. The lowest BCUT2D eigenvalue weighted by atomic mass is 10.2. The van der Waals surface area contributed by atoms with Crippen LogP contribution in [0.25, 0.3) is 0 Å². The van der Waals surface area contributed by atoms with Gasteiger partial charge in [0.05, 0.1) is 6.54 Å². The van der Waals surface area contributed by atoms with Crippen LogP contribution in [0.5, 0.6) is 0 Å². The zero-order valence-electron chi connectivity index (χ0n) is 12.2. The molecule has 0 bridgehead atoms. The summed E-state index contributed by atoms with van der Waals surface area (Å²) in [6, 6.07) is 9.62. The molecule has 0 aromatic heterocycles. The van der Waals surface area contributed by atoms with Crippen molar-refractivity contribution < 1.29 is 9.59 Å². The topological polar surface area (TPSA) is 58.2 Å². The summed E-state index contributed by atoms with van der Waals surface area (Å²) in [4.78, 5) is 23.1. The number of carbonyl (C=O) groups is 2. The standard InChI is InChI=1S/C17H20N2O2/c1-13-12-15(13)17(21)19-11-9-16(20)18-10-5-8-14-6-3-2-4-7-14/h2-4,6-7,13,15H,9-12H2,1H3,(H,18,20)(H,19,21)/t13-,15-/m0/s1. The van der Waals surface area contributed by atoms with Crippen molar-refractivity contribution in [1.29, 1.82) is 0 Å². The maximum absolute atomic E-state index is 11.6. The Morgan fingerprint density at radius 3 is 2.62 bits per heavy atom. The van der Waals surface area contributed by atoms with Gasteiger partial charge in [-0.15, -0.1) is 0 Å². The molecule has 4 heteroatoms. The van der Waals surface area contributed by atoms with Crippen LogP contribution in [0.1, 0.15) is 25.3 Å². The van der Waals surface area contributed by atoms with Gasteiger partial charge in [-0.3, -0.25) is 9.59 Å². The van der Waals surface area contributed by atoms with Gasteiger partial charge in [-0.1, -0.05) is 37.0 Å². The van der Waals surface area contributed by atoms with E-state index in [0.29, 0.717) is 25.4 Å². The summed E-state index contributed by atoms with van der Waals surface area (Å²) >= 11 is 0. The van der Waals surface area contributed by atoms with Crippen LogP contribution >= 0.6 is 0 Å². The van der Waals surface area contributed by atoms with Crippen LogP contribution in [0.15, 0.2) is 30.3 Å². The van der Waals surface area contributed by atoms with Crippen LogP contribution < -0.4 is 10.6 Å². The predicted molar refractivity (Wildman–Crippen MR) is 81.2 cm³/mol. The lowest BCUT2D eigenvalue weighted by Gasteiger charge is -2.04. The Labute approximate surface area is 125 Å². The minimum absolute atomic E-state index is 0.0687. The summed E-state index contributed by atoms with van der Waals surface area (Å²) in [6.45, 7) is 2.77. The third-order valence-electron chi connectivity index (χ3n) is 3.48. The highest BCUT2D eigenvalue weighted by atomic mass is 16.2. The molecule has 0 radical (unpaired) electrons. The van der Waals surface area contributed by atoms with Gasteiger partial charge in [0.25, 0.3) is 0 Å². The van der Waals surface area contributed by atoms with E-state index in [-0.39, 0.29) is 17.7 Å². The average Bonchev–Trinajstić information content (AvgIpc) is 3.22. The van der Waals surface area contributed by atoms with Crippen molar-refractivity contribution in [2.24, 2.45) is 11.8 Å². The molecular formula is C17H20N2O2. The molecule has 1 saturated carbocycles. The van der Waals surface area contributed by atoms with E-state index < -0.39 is 0 Å². The van der Waals surface area contributed by atoms with Crippen LogP contribution in [-0.2, 0) is 9.59 Å². The van der Waals surface area contributed by atoms with Gasteiger partial charge in [0.2, 0.25) is 11.8 Å². The molecule has 21 heavy (non-hydrogen) atoms. The Balaban J connectivity index is 1.58. The highest BCUT2D eigenvalue weighted by Gasteiger charge is 2.38. The Morgan fingerprint density at radius 1 is 1.24 bits per heavy atom. The lowest BCUT2D eigenvalue weighted by Crippen LogP contribution is -2.31. The van der Waals surface area contributed by atoms with E-state index >= 15 is 0 Å². The molecule has 2 N–H and O–H groups in total. The van der Waals surface area contributed by atoms with Gasteiger partial charge < -0.3 is 10.6 Å². The first-order valence-electron chi connectivity index (χ1n) is 7.25. The molecule has 0 heterocycles. The molecule has 0 unspecified atom stereocenters. The van der Waals surface area contributed by atoms with Crippen LogP contribution in [0.3, 0.4) is 0 Å². The third kappa shape index (κ3) is 5.31. The first kappa shape index (κ1) is 15.1. The second kappa shape index (κ2) is 7.49. The maximum Gasteiger partial charge on any atom is 0.223 e. The monoisotopic (exact) mass is 284 g/mol. The molecule has 2 atom stereocenters. The van der Waals surface area contributed by atoms with E-state index in [1.807, 2.05) is 30.3 Å². The SMILES string of the molecule is C[C@H]1C[C@@H]1C(=O)NCCC(=O)NCC#Cc1ccccc1. The fraction of sp³-hybridized carbons (Fsp3) is 0.412. The van der Waals surface area contributed by atoms with Gasteiger partial charge in [0.15, 0.2) is 0 Å². The predicted octanol–water partition coefficient (Wildman–Crippen LogP) is 1.32. The van der Waals surface area contributed by atoms with E-state index in [1.165, 1.54) is 0 Å². The summed E-state index contributed by atoms with van der Waals surface area (Å²) in [5.41, 5.74) is 0.928. The molecular weight excluding hydrogens is 264 g/mol. The van der Waals surface area contributed by atoms with Gasteiger partial charge in [0.1, 0.15) is 0 Å². The molecule has 1 aliphatic carbocycles. The highest BCUT2D eigenvalue weighted by molar-refractivity contribution is 5.82. The largest absolute Gasteiger partial charge is 0.355 e. The van der Waals surface area contributed by atoms with Crippen molar-refractivity contribution in [2.45, 2.75) is 19.8 Å². The summed E-state index contributed by atoms with van der Waals surface area (Å²) in [5.74, 6) is 6.49. The lowest BCUT2D eigenvalue weighted by molar-refractivity contribution is -0.123. The average molecular weight is 284 g/mol. The van der Waals surface area contributed by atoms with Crippen LogP contribution in [0.2, 0.25) is 0 Å². The van der Waals surface area contributed by atoms with Gasteiger partial charge in [-0.05, 0) is 24.5 Å². The first-order valence-corrected chi connectivity index (χ1v) is 7.25. The van der Waals surface area contributed by atoms with E-state index in [4.69, 9.17) is 0 Å².